The van der Waals surface area contributed by atoms with E-state index in [1.165, 1.54) is 6.17 Å². The minimum Gasteiger partial charge on any atom is -0.260 e. The molecule has 0 N–H and O–H groups in total. The van der Waals surface area contributed by atoms with Crippen LogP contribution in [0.5, 0.6) is 0 Å². The van der Waals surface area contributed by atoms with Gasteiger partial charge in [-0.1, -0.05) is 0 Å². The average Bonchev–Trinajstić information content (AvgIpc) is 1.95. The van der Waals surface area contributed by atoms with Crippen molar-refractivity contribution < 1.29 is 4.39 Å². The zero-order valence-electron chi connectivity index (χ0n) is 5.56. The molecule has 0 aliphatic rings. The predicted octanol–water partition coefficient (Wildman–Crippen LogP) is 1.67. The van der Waals surface area contributed by atoms with E-state index in [9.17, 15) is 4.39 Å². The minimum absolute atomic E-state index is 0.605. The lowest BCUT2D eigenvalue weighted by molar-refractivity contribution is 0.773. The summed E-state index contributed by atoms with van der Waals surface area (Å²) in [6.45, 7) is 1.87. The van der Waals surface area contributed by atoms with Crippen LogP contribution in [0.3, 0.4) is 0 Å². The van der Waals surface area contributed by atoms with Gasteiger partial charge in [0.1, 0.15) is 6.17 Å². The van der Waals surface area contributed by atoms with E-state index in [1.807, 2.05) is 6.92 Å². The van der Waals surface area contributed by atoms with Crippen molar-refractivity contribution in [2.45, 2.75) is 6.92 Å². The summed E-state index contributed by atoms with van der Waals surface area (Å²) in [6, 6.07) is 3.52. The van der Waals surface area contributed by atoms with Gasteiger partial charge in [0.2, 0.25) is 0 Å². The van der Waals surface area contributed by atoms with Crippen LogP contribution < -0.4 is 0 Å². The summed E-state index contributed by atoms with van der Waals surface area (Å²) in [5.41, 5.74) is 1.51. The van der Waals surface area contributed by atoms with E-state index in [0.717, 1.165) is 5.69 Å². The van der Waals surface area contributed by atoms with Gasteiger partial charge in [-0.15, -0.1) is 4.39 Å². The van der Waals surface area contributed by atoms with E-state index in [1.54, 1.807) is 18.3 Å². The molecule has 1 aromatic rings. The van der Waals surface area contributed by atoms with Crippen LogP contribution in [0.4, 0.5) is 4.39 Å². The third-order valence-electron chi connectivity index (χ3n) is 1.10. The van der Waals surface area contributed by atoms with Crippen LogP contribution in [0.15, 0.2) is 18.3 Å². The van der Waals surface area contributed by atoms with Crippen molar-refractivity contribution in [3.05, 3.63) is 29.6 Å². The molecule has 0 unspecified atom stereocenters. The van der Waals surface area contributed by atoms with Gasteiger partial charge in [0.05, 0.1) is 0 Å². The van der Waals surface area contributed by atoms with E-state index in [-0.39, 0.29) is 0 Å². The molecule has 0 spiro atoms. The Morgan fingerprint density at radius 1 is 1.50 bits per heavy atom. The van der Waals surface area contributed by atoms with Gasteiger partial charge in [0.15, 0.2) is 0 Å². The molecule has 2 heteroatoms. The van der Waals surface area contributed by atoms with Gasteiger partial charge in [-0.25, -0.2) is 0 Å². The smallest absolute Gasteiger partial charge is 0.111 e. The summed E-state index contributed by atoms with van der Waals surface area (Å²) in [7, 11) is 0. The number of nitrogens with zero attached hydrogens (tertiary/aromatic N) is 1. The molecule has 0 bridgehead atoms. The summed E-state index contributed by atoms with van der Waals surface area (Å²) in [4.78, 5) is 3.93. The molecule has 10 heavy (non-hydrogen) atoms. The number of aryl methyl sites for hydroxylation is 1. The third kappa shape index (κ3) is 1.56. The van der Waals surface area contributed by atoms with Crippen molar-refractivity contribution in [1.29, 1.82) is 0 Å². The Labute approximate surface area is 58.9 Å². The molecule has 1 rings (SSSR count). The number of hydrogen-bond donors (Lipinski definition) is 0. The van der Waals surface area contributed by atoms with Crippen LogP contribution >= 0.6 is 0 Å². The Morgan fingerprint density at radius 2 is 2.30 bits per heavy atom. The second-order valence-electron chi connectivity index (χ2n) is 1.91. The van der Waals surface area contributed by atoms with E-state index in [0.29, 0.717) is 5.56 Å². The molecule has 0 atom stereocenters. The molecule has 0 aromatic carbocycles. The summed E-state index contributed by atoms with van der Waals surface area (Å²) < 4.78 is 11.4. The molecule has 0 saturated heterocycles. The Bertz CT molecular complexity index is 266. The number of halogens is 1. The third-order valence-corrected chi connectivity index (χ3v) is 1.10. The highest BCUT2D eigenvalue weighted by molar-refractivity contribution is 5.30. The van der Waals surface area contributed by atoms with Gasteiger partial charge in [-0.3, -0.25) is 4.98 Å². The fraction of sp³-hybridized carbons (Fsp3) is 0.125. The summed E-state index contributed by atoms with van der Waals surface area (Å²) >= 11 is 0. The second-order valence-corrected chi connectivity index (χ2v) is 1.91. The first-order valence-electron chi connectivity index (χ1n) is 2.87. The summed E-state index contributed by atoms with van der Waals surface area (Å²) in [5.74, 6) is 2.26. The van der Waals surface area contributed by atoms with Crippen LogP contribution in [-0.4, -0.2) is 4.98 Å². The van der Waals surface area contributed by atoms with Crippen LogP contribution in [0.25, 0.3) is 0 Å². The van der Waals surface area contributed by atoms with E-state index >= 15 is 0 Å². The van der Waals surface area contributed by atoms with Crippen molar-refractivity contribution in [2.75, 3.05) is 0 Å². The molecule has 50 valence electrons. The van der Waals surface area contributed by atoms with Gasteiger partial charge in [0.25, 0.3) is 0 Å². The molecular formula is C8H6FN. The van der Waals surface area contributed by atoms with Crippen molar-refractivity contribution in [3.8, 4) is 12.1 Å². The highest BCUT2D eigenvalue weighted by Gasteiger charge is 1.85. The lowest BCUT2D eigenvalue weighted by atomic mass is 10.3. The molecule has 0 aliphatic carbocycles. The van der Waals surface area contributed by atoms with E-state index in [2.05, 4.69) is 10.9 Å². The van der Waals surface area contributed by atoms with Crippen molar-refractivity contribution in [3.63, 3.8) is 0 Å². The second kappa shape index (κ2) is 2.98. The Morgan fingerprint density at radius 3 is 2.80 bits per heavy atom. The van der Waals surface area contributed by atoms with Crippen molar-refractivity contribution >= 4 is 0 Å². The van der Waals surface area contributed by atoms with Gasteiger partial charge in [0, 0.05) is 17.5 Å². The molecule has 0 amide bonds. The predicted molar refractivity (Wildman–Crippen MR) is 37.0 cm³/mol. The zero-order chi connectivity index (χ0) is 7.40. The monoisotopic (exact) mass is 135 g/mol. The van der Waals surface area contributed by atoms with Gasteiger partial charge < -0.3 is 0 Å². The number of rotatable bonds is 0. The average molecular weight is 135 g/mol. The molecular weight excluding hydrogens is 129 g/mol. The summed E-state index contributed by atoms with van der Waals surface area (Å²) in [6.07, 6.45) is 2.86. The fourth-order valence-electron chi connectivity index (χ4n) is 0.596. The maximum absolute atomic E-state index is 11.4. The zero-order valence-corrected chi connectivity index (χ0v) is 5.56. The fourth-order valence-corrected chi connectivity index (χ4v) is 0.596. The van der Waals surface area contributed by atoms with Crippen LogP contribution in [0, 0.1) is 19.0 Å². The lowest BCUT2D eigenvalue weighted by Crippen LogP contribution is -1.80. The van der Waals surface area contributed by atoms with Crippen LogP contribution in [0.1, 0.15) is 11.3 Å². The number of pyridine rings is 1. The first-order valence-corrected chi connectivity index (χ1v) is 2.87. The Kier molecular flexibility index (Phi) is 2.01. The first-order chi connectivity index (χ1) is 4.83. The topological polar surface area (TPSA) is 12.9 Å². The highest BCUT2D eigenvalue weighted by atomic mass is 19.1. The maximum atomic E-state index is 11.4. The van der Waals surface area contributed by atoms with Crippen LogP contribution in [-0.2, 0) is 0 Å². The normalized spacial score (nSPS) is 8.20. The summed E-state index contributed by atoms with van der Waals surface area (Å²) in [5, 5.41) is 0. The highest BCUT2D eigenvalue weighted by Crippen LogP contribution is 1.95. The van der Waals surface area contributed by atoms with Crippen molar-refractivity contribution in [1.82, 2.24) is 4.98 Å². The van der Waals surface area contributed by atoms with Gasteiger partial charge >= 0.3 is 0 Å². The van der Waals surface area contributed by atoms with E-state index in [4.69, 9.17) is 0 Å². The number of hydrogen-bond acceptors (Lipinski definition) is 1. The van der Waals surface area contributed by atoms with Crippen molar-refractivity contribution in [2.24, 2.45) is 0 Å². The molecule has 0 aliphatic heterocycles. The standard InChI is InChI=1S/C8H6FN/c1-7-2-3-8(4-5-9)6-10-7/h2-3,6H,1H3. The number of aromatic nitrogens is 1. The quantitative estimate of drug-likeness (QED) is 0.493. The molecule has 0 radical (unpaired) electrons. The Balaban J connectivity index is 2.97. The molecule has 0 saturated carbocycles. The van der Waals surface area contributed by atoms with Crippen LogP contribution in [0.2, 0.25) is 0 Å². The Hall–Kier alpha value is -1.36. The SMILES string of the molecule is Cc1ccc(C#CF)cn1. The molecule has 1 heterocycles. The largest absolute Gasteiger partial charge is 0.260 e. The molecule has 1 nitrogen and oxygen atoms in total. The van der Waals surface area contributed by atoms with Gasteiger partial charge in [-0.2, -0.15) is 0 Å². The first kappa shape index (κ1) is 6.76. The molecule has 1 aromatic heterocycles. The lowest BCUT2D eigenvalue weighted by Gasteiger charge is -1.88. The van der Waals surface area contributed by atoms with E-state index < -0.39 is 0 Å². The minimum atomic E-state index is 0.605. The maximum Gasteiger partial charge on any atom is 0.111 e. The molecule has 0 fully saturated rings. The van der Waals surface area contributed by atoms with Gasteiger partial charge in [-0.05, 0) is 25.0 Å².